The second-order valence-corrected chi connectivity index (χ2v) is 8.96. The maximum atomic E-state index is 10.6. The number of fused-ring (bicyclic) bond motifs is 4. The molecular weight excluding hydrogens is 423 g/mol. The fraction of sp³-hybridized carbons (Fsp3) is 0.565. The van der Waals surface area contributed by atoms with Crippen molar-refractivity contribution in [2.24, 2.45) is 0 Å². The van der Waals surface area contributed by atoms with E-state index in [0.717, 1.165) is 37.7 Å². The number of para-hydroxylation sites is 1. The van der Waals surface area contributed by atoms with Gasteiger partial charge in [0.1, 0.15) is 11.4 Å². The fourth-order valence-electron chi connectivity index (χ4n) is 4.75. The van der Waals surface area contributed by atoms with Gasteiger partial charge in [0.05, 0.1) is 11.9 Å². The molecule has 6 nitrogen and oxygen atoms in total. The van der Waals surface area contributed by atoms with Crippen molar-refractivity contribution in [2.45, 2.75) is 69.8 Å². The Morgan fingerprint density at radius 2 is 1.84 bits per heavy atom. The summed E-state index contributed by atoms with van der Waals surface area (Å²) in [6.45, 7) is 6.69. The molecule has 174 valence electrons. The molecule has 32 heavy (non-hydrogen) atoms. The number of ether oxygens (including phenoxy) is 1. The van der Waals surface area contributed by atoms with Crippen LogP contribution in [0.1, 0.15) is 57.6 Å². The van der Waals surface area contributed by atoms with E-state index in [1.54, 1.807) is 0 Å². The van der Waals surface area contributed by atoms with Gasteiger partial charge >= 0.3 is 12.1 Å². The molecule has 9 heteroatoms. The van der Waals surface area contributed by atoms with Crippen LogP contribution in [0.4, 0.5) is 13.2 Å². The van der Waals surface area contributed by atoms with Gasteiger partial charge in [-0.1, -0.05) is 18.6 Å². The second kappa shape index (κ2) is 8.42. The van der Waals surface area contributed by atoms with Crippen LogP contribution in [0.3, 0.4) is 0 Å². The van der Waals surface area contributed by atoms with Gasteiger partial charge in [0.25, 0.3) is 0 Å². The minimum Gasteiger partial charge on any atom is -0.482 e. The van der Waals surface area contributed by atoms with E-state index in [1.165, 1.54) is 36.1 Å². The lowest BCUT2D eigenvalue weighted by atomic mass is 9.79. The largest absolute Gasteiger partial charge is 0.490 e. The molecule has 0 bridgehead atoms. The Kier molecular flexibility index (Phi) is 5.96. The third-order valence-corrected chi connectivity index (χ3v) is 6.66. The molecule has 1 aliphatic carbocycles. The number of carboxylic acid groups (broad SMARTS) is 1. The van der Waals surface area contributed by atoms with Crippen molar-refractivity contribution >= 4 is 5.97 Å². The number of carboxylic acids is 1. The first-order chi connectivity index (χ1) is 15.1. The smallest absolute Gasteiger partial charge is 0.482 e. The maximum Gasteiger partial charge on any atom is 0.490 e. The van der Waals surface area contributed by atoms with Gasteiger partial charge in [-0.05, 0) is 38.8 Å². The van der Waals surface area contributed by atoms with Crippen LogP contribution in [-0.4, -0.2) is 51.1 Å². The summed E-state index contributed by atoms with van der Waals surface area (Å²) >= 11 is 0. The summed E-state index contributed by atoms with van der Waals surface area (Å²) in [7, 11) is 0. The summed E-state index contributed by atoms with van der Waals surface area (Å²) in [5.41, 5.74) is 3.56. The number of aromatic nitrogens is 2. The highest BCUT2D eigenvalue weighted by molar-refractivity contribution is 5.74. The number of aliphatic carboxylic acids is 1. The monoisotopic (exact) mass is 451 g/mol. The molecule has 1 spiro atoms. The molecule has 0 unspecified atom stereocenters. The molecule has 3 aliphatic rings. The number of benzene rings is 1. The van der Waals surface area contributed by atoms with E-state index in [-0.39, 0.29) is 5.60 Å². The zero-order chi connectivity index (χ0) is 23.1. The van der Waals surface area contributed by atoms with E-state index in [4.69, 9.17) is 19.7 Å². The molecule has 1 saturated carbocycles. The lowest BCUT2D eigenvalue weighted by Crippen LogP contribution is -2.51. The Hall–Kier alpha value is -2.55. The van der Waals surface area contributed by atoms with Crippen molar-refractivity contribution in [1.82, 2.24) is 14.7 Å². The zero-order valence-electron chi connectivity index (χ0n) is 18.2. The summed E-state index contributed by atoms with van der Waals surface area (Å²) in [4.78, 5) is 11.6. The number of carbonyl (C=O) groups is 1. The molecule has 5 rings (SSSR count). The molecule has 1 aromatic heterocycles. The molecule has 2 fully saturated rings. The number of halogens is 3. The Labute approximate surface area is 185 Å². The SMILES string of the molecule is CC(C)n1ncc2c1-c1ccccc1OC21CCN(C2CCC2)CC1.O=C(O)C(F)(F)F. The van der Waals surface area contributed by atoms with E-state index in [1.807, 2.05) is 0 Å². The topological polar surface area (TPSA) is 67.6 Å². The van der Waals surface area contributed by atoms with Gasteiger partial charge in [0.15, 0.2) is 0 Å². The van der Waals surface area contributed by atoms with Crippen LogP contribution in [0, 0.1) is 0 Å². The fourth-order valence-corrected chi connectivity index (χ4v) is 4.75. The van der Waals surface area contributed by atoms with Gasteiger partial charge in [0, 0.05) is 49.1 Å². The third kappa shape index (κ3) is 4.10. The molecule has 2 aromatic rings. The van der Waals surface area contributed by atoms with Crippen molar-refractivity contribution in [3.8, 4) is 17.0 Å². The zero-order valence-corrected chi connectivity index (χ0v) is 18.2. The summed E-state index contributed by atoms with van der Waals surface area (Å²) in [6.07, 6.45) is 3.29. The second-order valence-electron chi connectivity index (χ2n) is 8.96. The predicted octanol–water partition coefficient (Wildman–Crippen LogP) is 5.00. The average molecular weight is 451 g/mol. The molecule has 0 radical (unpaired) electrons. The molecule has 3 heterocycles. The number of rotatable bonds is 2. The number of nitrogens with zero attached hydrogens (tertiary/aromatic N) is 3. The van der Waals surface area contributed by atoms with Crippen molar-refractivity contribution in [3.05, 3.63) is 36.0 Å². The first-order valence-corrected chi connectivity index (χ1v) is 11.0. The lowest BCUT2D eigenvalue weighted by molar-refractivity contribution is -0.192. The van der Waals surface area contributed by atoms with Crippen LogP contribution in [0.25, 0.3) is 11.3 Å². The Bertz CT molecular complexity index is 974. The number of hydrogen-bond acceptors (Lipinski definition) is 4. The summed E-state index contributed by atoms with van der Waals surface area (Å²) in [6, 6.07) is 9.65. The van der Waals surface area contributed by atoms with Crippen molar-refractivity contribution in [1.29, 1.82) is 0 Å². The van der Waals surface area contributed by atoms with Crippen LogP contribution >= 0.6 is 0 Å². The van der Waals surface area contributed by atoms with Crippen molar-refractivity contribution in [2.75, 3.05) is 13.1 Å². The number of alkyl halides is 3. The lowest BCUT2D eigenvalue weighted by Gasteiger charge is -2.48. The highest BCUT2D eigenvalue weighted by Crippen LogP contribution is 2.50. The minimum atomic E-state index is -5.08. The van der Waals surface area contributed by atoms with Crippen LogP contribution < -0.4 is 4.74 Å². The third-order valence-electron chi connectivity index (χ3n) is 6.66. The molecule has 0 amide bonds. The van der Waals surface area contributed by atoms with E-state index in [2.05, 4.69) is 53.9 Å². The van der Waals surface area contributed by atoms with E-state index < -0.39 is 12.1 Å². The quantitative estimate of drug-likeness (QED) is 0.696. The van der Waals surface area contributed by atoms with Gasteiger partial charge in [0.2, 0.25) is 0 Å². The molecule has 2 aliphatic heterocycles. The number of piperidine rings is 1. The Balaban J connectivity index is 0.000000307. The average Bonchev–Trinajstić information content (AvgIpc) is 3.15. The van der Waals surface area contributed by atoms with Crippen molar-refractivity contribution in [3.63, 3.8) is 0 Å². The summed E-state index contributed by atoms with van der Waals surface area (Å²) < 4.78 is 40.6. The predicted molar refractivity (Wildman–Crippen MR) is 112 cm³/mol. The van der Waals surface area contributed by atoms with Crippen LogP contribution in [0.15, 0.2) is 30.5 Å². The molecular formula is C23H28F3N3O3. The van der Waals surface area contributed by atoms with E-state index in [0.29, 0.717) is 6.04 Å². The van der Waals surface area contributed by atoms with Gasteiger partial charge in [-0.15, -0.1) is 0 Å². The highest BCUT2D eigenvalue weighted by atomic mass is 19.4. The summed E-state index contributed by atoms with van der Waals surface area (Å²) in [5.74, 6) is -1.73. The van der Waals surface area contributed by atoms with Crippen LogP contribution in [0.5, 0.6) is 5.75 Å². The maximum absolute atomic E-state index is 10.6. The first-order valence-electron chi connectivity index (χ1n) is 11.0. The highest BCUT2D eigenvalue weighted by Gasteiger charge is 2.46. The van der Waals surface area contributed by atoms with Gasteiger partial charge < -0.3 is 14.7 Å². The van der Waals surface area contributed by atoms with Gasteiger partial charge in [-0.3, -0.25) is 4.68 Å². The van der Waals surface area contributed by atoms with E-state index in [9.17, 15) is 13.2 Å². The standard InChI is InChI=1S/C21H27N3O.C2HF3O2/c1-15(2)24-20-17-8-3-4-9-19(17)25-21(18(20)14-22-24)10-12-23(13-11-21)16-6-5-7-16;3-2(4,5)1(6)7/h3-4,8-9,14-16H,5-7,10-13H2,1-2H3;(H,6,7). The van der Waals surface area contributed by atoms with Gasteiger partial charge in [-0.25, -0.2) is 4.79 Å². The van der Waals surface area contributed by atoms with Gasteiger partial charge in [-0.2, -0.15) is 18.3 Å². The van der Waals surface area contributed by atoms with Crippen LogP contribution in [-0.2, 0) is 10.4 Å². The summed E-state index contributed by atoms with van der Waals surface area (Å²) in [5, 5.41) is 11.9. The first kappa shape index (κ1) is 22.6. The number of likely N-dealkylation sites (tertiary alicyclic amines) is 1. The molecule has 1 aromatic carbocycles. The molecule has 1 saturated heterocycles. The number of hydrogen-bond donors (Lipinski definition) is 1. The normalized spacial score (nSPS) is 19.9. The Morgan fingerprint density at radius 3 is 2.38 bits per heavy atom. The Morgan fingerprint density at radius 1 is 1.22 bits per heavy atom. The van der Waals surface area contributed by atoms with Crippen LogP contribution in [0.2, 0.25) is 0 Å². The minimum absolute atomic E-state index is 0.197. The van der Waals surface area contributed by atoms with E-state index >= 15 is 0 Å². The van der Waals surface area contributed by atoms with Crippen molar-refractivity contribution < 1.29 is 27.8 Å². The molecule has 1 N–H and O–H groups in total. The molecule has 0 atom stereocenters.